The molecule has 0 aliphatic carbocycles. The quantitative estimate of drug-likeness (QED) is 0.933. The number of hydrogen-bond acceptors (Lipinski definition) is 3. The molecule has 0 bridgehead atoms. The zero-order chi connectivity index (χ0) is 13.8. The van der Waals surface area contributed by atoms with Crippen LogP contribution in [0.4, 0.5) is 0 Å². The molecule has 0 radical (unpaired) electrons. The standard InChI is InChI=1S/C15H16BrNO2/c1-10(2)19-14-5-3-4-11(7-14)15(18)12-6-13(16)9-17-8-12/h3-10,15,18H,1-2H3. The van der Waals surface area contributed by atoms with Crippen molar-refractivity contribution in [3.05, 3.63) is 58.3 Å². The first kappa shape index (κ1) is 14.0. The molecule has 3 nitrogen and oxygen atoms in total. The normalized spacial score (nSPS) is 12.5. The Kier molecular flexibility index (Phi) is 4.56. The average Bonchev–Trinajstić information content (AvgIpc) is 2.37. The van der Waals surface area contributed by atoms with Crippen molar-refractivity contribution in [1.29, 1.82) is 0 Å². The summed E-state index contributed by atoms with van der Waals surface area (Å²) in [6.07, 6.45) is 2.75. The number of aliphatic hydroxyl groups excluding tert-OH is 1. The topological polar surface area (TPSA) is 42.4 Å². The third-order valence-corrected chi connectivity index (χ3v) is 3.02. The summed E-state index contributed by atoms with van der Waals surface area (Å²) < 4.78 is 6.47. The van der Waals surface area contributed by atoms with Gasteiger partial charge in [-0.05, 0) is 53.5 Å². The van der Waals surface area contributed by atoms with Gasteiger partial charge in [0, 0.05) is 22.4 Å². The molecule has 100 valence electrons. The summed E-state index contributed by atoms with van der Waals surface area (Å²) in [6.45, 7) is 3.95. The van der Waals surface area contributed by atoms with Crippen molar-refractivity contribution in [3.63, 3.8) is 0 Å². The van der Waals surface area contributed by atoms with E-state index in [2.05, 4.69) is 20.9 Å². The lowest BCUT2D eigenvalue weighted by Gasteiger charge is -2.14. The van der Waals surface area contributed by atoms with Crippen molar-refractivity contribution in [2.45, 2.75) is 26.1 Å². The molecule has 1 aromatic heterocycles. The molecule has 0 fully saturated rings. The fourth-order valence-corrected chi connectivity index (χ4v) is 2.18. The monoisotopic (exact) mass is 321 g/mol. The fraction of sp³-hybridized carbons (Fsp3) is 0.267. The Hall–Kier alpha value is -1.39. The summed E-state index contributed by atoms with van der Waals surface area (Å²) in [7, 11) is 0. The molecule has 0 amide bonds. The van der Waals surface area contributed by atoms with E-state index in [0.717, 1.165) is 21.3 Å². The molecule has 4 heteroatoms. The molecule has 0 saturated heterocycles. The number of rotatable bonds is 4. The van der Waals surface area contributed by atoms with Crippen LogP contribution in [0.15, 0.2) is 47.2 Å². The van der Waals surface area contributed by atoms with Crippen LogP contribution in [0.3, 0.4) is 0 Å². The van der Waals surface area contributed by atoms with Crippen LogP contribution in [0.1, 0.15) is 31.1 Å². The predicted molar refractivity (Wildman–Crippen MR) is 78.2 cm³/mol. The Bertz CT molecular complexity index is 557. The van der Waals surface area contributed by atoms with Crippen molar-refractivity contribution < 1.29 is 9.84 Å². The second kappa shape index (κ2) is 6.17. The third kappa shape index (κ3) is 3.78. The Morgan fingerprint density at radius 2 is 1.95 bits per heavy atom. The van der Waals surface area contributed by atoms with Gasteiger partial charge in [0.15, 0.2) is 0 Å². The zero-order valence-corrected chi connectivity index (χ0v) is 12.5. The molecule has 19 heavy (non-hydrogen) atoms. The number of aliphatic hydroxyl groups is 1. The maximum Gasteiger partial charge on any atom is 0.120 e. The molecule has 1 aromatic carbocycles. The number of halogens is 1. The second-order valence-electron chi connectivity index (χ2n) is 4.58. The van der Waals surface area contributed by atoms with E-state index in [-0.39, 0.29) is 6.10 Å². The van der Waals surface area contributed by atoms with Crippen molar-refractivity contribution in [3.8, 4) is 5.75 Å². The number of benzene rings is 1. The molecule has 2 aromatic rings. The molecule has 1 unspecified atom stereocenters. The Balaban J connectivity index is 2.26. The maximum atomic E-state index is 10.4. The van der Waals surface area contributed by atoms with Gasteiger partial charge >= 0.3 is 0 Å². The molecule has 0 aliphatic heterocycles. The molecular weight excluding hydrogens is 306 g/mol. The van der Waals surface area contributed by atoms with E-state index in [1.54, 1.807) is 12.4 Å². The maximum absolute atomic E-state index is 10.4. The van der Waals surface area contributed by atoms with Crippen LogP contribution in [-0.2, 0) is 0 Å². The van der Waals surface area contributed by atoms with Crippen molar-refractivity contribution >= 4 is 15.9 Å². The van der Waals surface area contributed by atoms with E-state index in [1.165, 1.54) is 0 Å². The van der Waals surface area contributed by atoms with Gasteiger partial charge < -0.3 is 9.84 Å². The first-order valence-corrected chi connectivity index (χ1v) is 6.90. The summed E-state index contributed by atoms with van der Waals surface area (Å²) in [5.41, 5.74) is 1.54. The van der Waals surface area contributed by atoms with Gasteiger partial charge in [0.05, 0.1) is 6.10 Å². The van der Waals surface area contributed by atoms with Crippen molar-refractivity contribution in [2.75, 3.05) is 0 Å². The smallest absolute Gasteiger partial charge is 0.120 e. The second-order valence-corrected chi connectivity index (χ2v) is 5.49. The van der Waals surface area contributed by atoms with E-state index in [0.29, 0.717) is 0 Å². The van der Waals surface area contributed by atoms with Gasteiger partial charge in [-0.25, -0.2) is 0 Å². The minimum Gasteiger partial charge on any atom is -0.491 e. The molecule has 2 rings (SSSR count). The van der Waals surface area contributed by atoms with Crippen molar-refractivity contribution in [1.82, 2.24) is 4.98 Å². The highest BCUT2D eigenvalue weighted by atomic mass is 79.9. The fourth-order valence-electron chi connectivity index (χ4n) is 1.80. The average molecular weight is 322 g/mol. The minimum atomic E-state index is -0.708. The van der Waals surface area contributed by atoms with Crippen LogP contribution < -0.4 is 4.74 Å². The Labute approximate surface area is 121 Å². The van der Waals surface area contributed by atoms with Crippen LogP contribution >= 0.6 is 15.9 Å². The molecule has 1 heterocycles. The number of ether oxygens (including phenoxy) is 1. The van der Waals surface area contributed by atoms with Gasteiger partial charge in [-0.15, -0.1) is 0 Å². The first-order valence-electron chi connectivity index (χ1n) is 6.11. The summed E-state index contributed by atoms with van der Waals surface area (Å²) >= 11 is 3.35. The summed E-state index contributed by atoms with van der Waals surface area (Å²) in [5.74, 6) is 0.759. The van der Waals surface area contributed by atoms with E-state index >= 15 is 0 Å². The summed E-state index contributed by atoms with van der Waals surface area (Å²) in [5, 5.41) is 10.4. The summed E-state index contributed by atoms with van der Waals surface area (Å²) in [4.78, 5) is 4.06. The highest BCUT2D eigenvalue weighted by Crippen LogP contribution is 2.26. The van der Waals surface area contributed by atoms with Gasteiger partial charge in [-0.3, -0.25) is 4.98 Å². The van der Waals surface area contributed by atoms with Crippen LogP contribution in [0.5, 0.6) is 5.75 Å². The van der Waals surface area contributed by atoms with Gasteiger partial charge in [0.25, 0.3) is 0 Å². The third-order valence-electron chi connectivity index (χ3n) is 2.59. The number of aromatic nitrogens is 1. The van der Waals surface area contributed by atoms with Gasteiger partial charge in [-0.2, -0.15) is 0 Å². The highest BCUT2D eigenvalue weighted by molar-refractivity contribution is 9.10. The number of hydrogen-bond donors (Lipinski definition) is 1. The van der Waals surface area contributed by atoms with Gasteiger partial charge in [-0.1, -0.05) is 12.1 Å². The van der Waals surface area contributed by atoms with E-state index in [9.17, 15) is 5.11 Å². The summed E-state index contributed by atoms with van der Waals surface area (Å²) in [6, 6.07) is 9.34. The van der Waals surface area contributed by atoms with Crippen LogP contribution in [-0.4, -0.2) is 16.2 Å². The Morgan fingerprint density at radius 1 is 1.16 bits per heavy atom. The largest absolute Gasteiger partial charge is 0.491 e. The lowest BCUT2D eigenvalue weighted by molar-refractivity contribution is 0.216. The molecule has 1 atom stereocenters. The molecule has 1 N–H and O–H groups in total. The molecule has 0 spiro atoms. The van der Waals surface area contributed by atoms with Crippen molar-refractivity contribution in [2.24, 2.45) is 0 Å². The highest BCUT2D eigenvalue weighted by Gasteiger charge is 2.12. The van der Waals surface area contributed by atoms with E-state index < -0.39 is 6.10 Å². The molecular formula is C15H16BrNO2. The van der Waals surface area contributed by atoms with Gasteiger partial charge in [0.2, 0.25) is 0 Å². The van der Waals surface area contributed by atoms with Crippen LogP contribution in [0.25, 0.3) is 0 Å². The Morgan fingerprint density at radius 3 is 2.63 bits per heavy atom. The lowest BCUT2D eigenvalue weighted by Crippen LogP contribution is -2.06. The number of pyridine rings is 1. The minimum absolute atomic E-state index is 0.111. The zero-order valence-electron chi connectivity index (χ0n) is 10.9. The first-order chi connectivity index (χ1) is 9.06. The van der Waals surface area contributed by atoms with Crippen LogP contribution in [0, 0.1) is 0 Å². The molecule has 0 aliphatic rings. The SMILES string of the molecule is CC(C)Oc1cccc(C(O)c2cncc(Br)c2)c1. The lowest BCUT2D eigenvalue weighted by atomic mass is 10.0. The van der Waals surface area contributed by atoms with Gasteiger partial charge in [0.1, 0.15) is 11.9 Å². The van der Waals surface area contributed by atoms with E-state index in [4.69, 9.17) is 4.74 Å². The molecule has 0 saturated carbocycles. The van der Waals surface area contributed by atoms with E-state index in [1.807, 2.05) is 44.2 Å². The predicted octanol–water partition coefficient (Wildman–Crippen LogP) is 3.71. The van der Waals surface area contributed by atoms with Crippen LogP contribution in [0.2, 0.25) is 0 Å². The number of nitrogens with zero attached hydrogens (tertiary/aromatic N) is 1.